The monoisotopic (exact) mass is 333 g/mol. The number of piperazine rings is 1. The zero-order chi connectivity index (χ0) is 15.7. The van der Waals surface area contributed by atoms with Crippen molar-refractivity contribution in [2.75, 3.05) is 26.2 Å². The second-order valence-corrected chi connectivity index (χ2v) is 5.95. The van der Waals surface area contributed by atoms with Gasteiger partial charge in [-0.05, 0) is 38.5 Å². The number of halogens is 1. The van der Waals surface area contributed by atoms with Crippen LogP contribution in [-0.4, -0.2) is 41.6 Å². The number of amides is 1. The molecule has 5 heteroatoms. The topological polar surface area (TPSA) is 37.3 Å². The molecule has 1 aliphatic rings. The van der Waals surface area contributed by atoms with Gasteiger partial charge >= 0.3 is 0 Å². The maximum Gasteiger partial charge on any atom is 0.255 e. The van der Waals surface area contributed by atoms with E-state index in [0.29, 0.717) is 0 Å². The summed E-state index contributed by atoms with van der Waals surface area (Å²) in [5.41, 5.74) is 5.31. The largest absolute Gasteiger partial charge is 0.336 e. The zero-order valence-electron chi connectivity index (χ0n) is 13.9. The molecular formula is C18H24ClN3O. The lowest BCUT2D eigenvalue weighted by atomic mass is 10.2. The van der Waals surface area contributed by atoms with E-state index in [9.17, 15) is 4.79 Å². The number of carbonyl (C=O) groups excluding carboxylic acids is 1. The number of para-hydroxylation sites is 1. The maximum atomic E-state index is 12.8. The zero-order valence-corrected chi connectivity index (χ0v) is 14.7. The second-order valence-electron chi connectivity index (χ2n) is 5.95. The van der Waals surface area contributed by atoms with Crippen molar-refractivity contribution in [2.24, 2.45) is 0 Å². The normalized spacial score (nSPS) is 14.5. The van der Waals surface area contributed by atoms with Crippen LogP contribution >= 0.6 is 12.4 Å². The van der Waals surface area contributed by atoms with Crippen LogP contribution in [0.4, 0.5) is 0 Å². The number of hydrogen-bond acceptors (Lipinski definition) is 2. The van der Waals surface area contributed by atoms with Crippen molar-refractivity contribution >= 4 is 18.3 Å². The predicted octanol–water partition coefficient (Wildman–Crippen LogP) is 2.87. The first-order valence-electron chi connectivity index (χ1n) is 7.84. The van der Waals surface area contributed by atoms with Gasteiger partial charge in [0.05, 0.1) is 5.56 Å². The van der Waals surface area contributed by atoms with Gasteiger partial charge in [0.2, 0.25) is 0 Å². The number of aryl methyl sites for hydroxylation is 2. The molecule has 1 aromatic heterocycles. The van der Waals surface area contributed by atoms with Crippen molar-refractivity contribution in [3.05, 3.63) is 52.8 Å². The summed E-state index contributed by atoms with van der Waals surface area (Å²) in [6, 6.07) is 10.3. The summed E-state index contributed by atoms with van der Waals surface area (Å²) in [5, 5.41) is 3.29. The minimum absolute atomic E-state index is 0. The molecule has 0 bridgehead atoms. The van der Waals surface area contributed by atoms with E-state index in [0.717, 1.165) is 48.8 Å². The average Bonchev–Trinajstić information content (AvgIpc) is 2.83. The minimum Gasteiger partial charge on any atom is -0.336 e. The second kappa shape index (κ2) is 7.20. The highest BCUT2D eigenvalue weighted by Crippen LogP contribution is 2.24. The van der Waals surface area contributed by atoms with Crippen LogP contribution in [0.25, 0.3) is 5.69 Å². The van der Waals surface area contributed by atoms with Crippen LogP contribution in [0, 0.1) is 20.8 Å². The molecule has 1 N–H and O–H groups in total. The fraction of sp³-hybridized carbons (Fsp3) is 0.389. The molecule has 1 aromatic carbocycles. The lowest BCUT2D eigenvalue weighted by Crippen LogP contribution is -2.46. The highest BCUT2D eigenvalue weighted by Gasteiger charge is 2.23. The Morgan fingerprint density at radius 3 is 2.39 bits per heavy atom. The number of carbonyl (C=O) groups is 1. The summed E-state index contributed by atoms with van der Waals surface area (Å²) >= 11 is 0. The van der Waals surface area contributed by atoms with E-state index in [4.69, 9.17) is 0 Å². The van der Waals surface area contributed by atoms with Crippen LogP contribution in [0.3, 0.4) is 0 Å². The summed E-state index contributed by atoms with van der Waals surface area (Å²) < 4.78 is 2.19. The number of benzene rings is 1. The van der Waals surface area contributed by atoms with E-state index in [1.807, 2.05) is 30.0 Å². The summed E-state index contributed by atoms with van der Waals surface area (Å²) in [5.74, 6) is 0.148. The van der Waals surface area contributed by atoms with Crippen molar-refractivity contribution in [3.8, 4) is 5.69 Å². The van der Waals surface area contributed by atoms with Gasteiger partial charge in [-0.2, -0.15) is 0 Å². The Labute approximate surface area is 143 Å². The predicted molar refractivity (Wildman–Crippen MR) is 96.0 cm³/mol. The molecule has 4 nitrogen and oxygen atoms in total. The van der Waals surface area contributed by atoms with Crippen LogP contribution in [0.5, 0.6) is 0 Å². The van der Waals surface area contributed by atoms with Crippen molar-refractivity contribution < 1.29 is 4.79 Å². The Balaban J connectivity index is 0.00000192. The molecular weight excluding hydrogens is 310 g/mol. The Morgan fingerprint density at radius 2 is 1.74 bits per heavy atom. The molecule has 124 valence electrons. The first kappa shape index (κ1) is 17.6. The van der Waals surface area contributed by atoms with E-state index in [2.05, 4.69) is 35.9 Å². The highest BCUT2D eigenvalue weighted by atomic mass is 35.5. The number of hydrogen-bond donors (Lipinski definition) is 1. The van der Waals surface area contributed by atoms with Gasteiger partial charge in [-0.25, -0.2) is 0 Å². The number of nitrogens with zero attached hydrogens (tertiary/aromatic N) is 2. The van der Waals surface area contributed by atoms with Gasteiger partial charge in [0.1, 0.15) is 0 Å². The van der Waals surface area contributed by atoms with Crippen molar-refractivity contribution in [1.82, 2.24) is 14.8 Å². The minimum atomic E-state index is 0. The Hall–Kier alpha value is -1.78. The van der Waals surface area contributed by atoms with Crippen molar-refractivity contribution in [1.29, 1.82) is 0 Å². The fourth-order valence-electron chi connectivity index (χ4n) is 3.20. The van der Waals surface area contributed by atoms with Crippen LogP contribution in [0.1, 0.15) is 27.3 Å². The molecule has 1 aliphatic heterocycles. The number of aromatic nitrogens is 1. The summed E-state index contributed by atoms with van der Waals surface area (Å²) in [4.78, 5) is 14.7. The number of nitrogens with one attached hydrogen (secondary N) is 1. The molecule has 2 heterocycles. The lowest BCUT2D eigenvalue weighted by Gasteiger charge is -2.27. The van der Waals surface area contributed by atoms with Crippen LogP contribution < -0.4 is 5.32 Å². The molecule has 3 rings (SSSR count). The summed E-state index contributed by atoms with van der Waals surface area (Å²) in [7, 11) is 0. The Kier molecular flexibility index (Phi) is 5.50. The third-order valence-electron chi connectivity index (χ3n) is 4.42. The SMILES string of the molecule is Cc1ccccc1-n1c(C)cc(C(=O)N2CCNCC2)c1C.Cl. The van der Waals surface area contributed by atoms with E-state index >= 15 is 0 Å². The van der Waals surface area contributed by atoms with Gasteiger partial charge in [0, 0.05) is 43.3 Å². The third kappa shape index (κ3) is 3.28. The van der Waals surface area contributed by atoms with Gasteiger partial charge in [-0.3, -0.25) is 4.79 Å². The molecule has 0 atom stereocenters. The number of rotatable bonds is 2. The fourth-order valence-corrected chi connectivity index (χ4v) is 3.20. The Bertz CT molecular complexity index is 702. The first-order chi connectivity index (χ1) is 10.6. The Morgan fingerprint density at radius 1 is 1.09 bits per heavy atom. The van der Waals surface area contributed by atoms with E-state index < -0.39 is 0 Å². The standard InChI is InChI=1S/C18H23N3O.ClH/c1-13-6-4-5-7-17(13)21-14(2)12-16(15(21)3)18(22)20-10-8-19-9-11-20;/h4-7,12,19H,8-11H2,1-3H3;1H. The van der Waals surface area contributed by atoms with Crippen molar-refractivity contribution in [2.45, 2.75) is 20.8 Å². The highest BCUT2D eigenvalue weighted by molar-refractivity contribution is 5.96. The van der Waals surface area contributed by atoms with Gasteiger partial charge in [-0.1, -0.05) is 18.2 Å². The lowest BCUT2D eigenvalue weighted by molar-refractivity contribution is 0.0735. The average molecular weight is 334 g/mol. The van der Waals surface area contributed by atoms with E-state index in [1.54, 1.807) is 0 Å². The van der Waals surface area contributed by atoms with E-state index in [1.165, 1.54) is 5.56 Å². The van der Waals surface area contributed by atoms with Gasteiger partial charge in [-0.15, -0.1) is 12.4 Å². The molecule has 1 saturated heterocycles. The molecule has 1 fully saturated rings. The van der Waals surface area contributed by atoms with Gasteiger partial charge in [0.15, 0.2) is 0 Å². The summed E-state index contributed by atoms with van der Waals surface area (Å²) in [6.07, 6.45) is 0. The summed E-state index contributed by atoms with van der Waals surface area (Å²) in [6.45, 7) is 9.53. The molecule has 23 heavy (non-hydrogen) atoms. The molecule has 1 amide bonds. The van der Waals surface area contributed by atoms with Gasteiger partial charge < -0.3 is 14.8 Å². The van der Waals surface area contributed by atoms with Crippen LogP contribution in [0.2, 0.25) is 0 Å². The molecule has 0 aliphatic carbocycles. The molecule has 2 aromatic rings. The molecule has 0 spiro atoms. The van der Waals surface area contributed by atoms with Gasteiger partial charge in [0.25, 0.3) is 5.91 Å². The first-order valence-corrected chi connectivity index (χ1v) is 7.84. The molecule has 0 radical (unpaired) electrons. The van der Waals surface area contributed by atoms with E-state index in [-0.39, 0.29) is 18.3 Å². The van der Waals surface area contributed by atoms with Crippen molar-refractivity contribution in [3.63, 3.8) is 0 Å². The quantitative estimate of drug-likeness (QED) is 0.917. The molecule has 0 unspecified atom stereocenters. The molecule has 0 saturated carbocycles. The smallest absolute Gasteiger partial charge is 0.255 e. The van der Waals surface area contributed by atoms with Crippen LogP contribution in [-0.2, 0) is 0 Å². The maximum absolute atomic E-state index is 12.8. The van der Waals surface area contributed by atoms with Crippen LogP contribution in [0.15, 0.2) is 30.3 Å². The third-order valence-corrected chi connectivity index (χ3v) is 4.42.